The molecule has 0 unspecified atom stereocenters. The fraction of sp³-hybridized carbons (Fsp3) is 0. The van der Waals surface area contributed by atoms with Gasteiger partial charge in [0.1, 0.15) is 5.75 Å². The quantitative estimate of drug-likeness (QED) is 0.594. The van der Waals surface area contributed by atoms with Crippen LogP contribution in [0.15, 0.2) is 23.2 Å². The topological polar surface area (TPSA) is 49.7 Å². The molecule has 0 fully saturated rings. The van der Waals surface area contributed by atoms with Crippen LogP contribution in [0.25, 0.3) is 0 Å². The zero-order valence-corrected chi connectivity index (χ0v) is 5.61. The molecule has 3 nitrogen and oxygen atoms in total. The van der Waals surface area contributed by atoms with Gasteiger partial charge in [-0.2, -0.15) is 0 Å². The Kier molecular flexibility index (Phi) is 1.06. The van der Waals surface area contributed by atoms with E-state index in [9.17, 15) is 4.79 Å². The number of aliphatic imine (C=N–C) groups is 1. The summed E-state index contributed by atoms with van der Waals surface area (Å²) in [6.45, 7) is 0. The third-order valence-corrected chi connectivity index (χ3v) is 1.59. The standard InChI is InChI=1S/C8H5NO2/c10-6-2-1-5-4-9-8(11)7(5)3-6/h1-4,10H. The van der Waals surface area contributed by atoms with Crippen molar-refractivity contribution in [3.8, 4) is 5.75 Å². The van der Waals surface area contributed by atoms with Crippen LogP contribution in [0.5, 0.6) is 5.75 Å². The Balaban J connectivity index is 2.67. The van der Waals surface area contributed by atoms with Crippen LogP contribution < -0.4 is 0 Å². The number of hydrogen-bond donors (Lipinski definition) is 1. The van der Waals surface area contributed by atoms with Crippen molar-refractivity contribution in [3.63, 3.8) is 0 Å². The molecular formula is C8H5NO2. The number of phenolic OH excluding ortho intramolecular Hbond substituents is 1. The molecule has 11 heavy (non-hydrogen) atoms. The van der Waals surface area contributed by atoms with Crippen LogP contribution in [0.4, 0.5) is 0 Å². The largest absolute Gasteiger partial charge is 0.508 e. The van der Waals surface area contributed by atoms with Crippen molar-refractivity contribution in [1.29, 1.82) is 0 Å². The molecule has 1 aliphatic heterocycles. The van der Waals surface area contributed by atoms with E-state index in [0.717, 1.165) is 5.56 Å². The van der Waals surface area contributed by atoms with Crippen molar-refractivity contribution in [1.82, 2.24) is 0 Å². The van der Waals surface area contributed by atoms with Crippen LogP contribution in [0.2, 0.25) is 0 Å². The van der Waals surface area contributed by atoms with E-state index in [1.807, 2.05) is 0 Å². The summed E-state index contributed by atoms with van der Waals surface area (Å²) in [7, 11) is 0. The van der Waals surface area contributed by atoms with E-state index in [-0.39, 0.29) is 11.7 Å². The highest BCUT2D eigenvalue weighted by Crippen LogP contribution is 2.19. The van der Waals surface area contributed by atoms with Gasteiger partial charge in [-0.1, -0.05) is 0 Å². The molecule has 0 spiro atoms. The van der Waals surface area contributed by atoms with Gasteiger partial charge in [-0.05, 0) is 18.2 Å². The Morgan fingerprint density at radius 1 is 1.36 bits per heavy atom. The lowest BCUT2D eigenvalue weighted by molar-refractivity contribution is 0.101. The Morgan fingerprint density at radius 3 is 3.00 bits per heavy atom. The van der Waals surface area contributed by atoms with Gasteiger partial charge in [-0.3, -0.25) is 4.79 Å². The molecule has 1 amide bonds. The SMILES string of the molecule is O=C1N=Cc2ccc(O)cc21. The zero-order chi connectivity index (χ0) is 7.84. The van der Waals surface area contributed by atoms with E-state index in [4.69, 9.17) is 5.11 Å². The Labute approximate surface area is 63.0 Å². The summed E-state index contributed by atoms with van der Waals surface area (Å²) in [5.41, 5.74) is 1.25. The molecule has 0 aliphatic carbocycles. The van der Waals surface area contributed by atoms with Crippen molar-refractivity contribution in [2.45, 2.75) is 0 Å². The van der Waals surface area contributed by atoms with E-state index in [2.05, 4.69) is 4.99 Å². The van der Waals surface area contributed by atoms with Gasteiger partial charge in [-0.25, -0.2) is 4.99 Å². The van der Waals surface area contributed by atoms with E-state index < -0.39 is 0 Å². The van der Waals surface area contributed by atoms with Crippen LogP contribution in [-0.4, -0.2) is 17.2 Å². The third-order valence-electron chi connectivity index (χ3n) is 1.59. The highest BCUT2D eigenvalue weighted by Gasteiger charge is 2.14. The first-order chi connectivity index (χ1) is 5.27. The van der Waals surface area contributed by atoms with Crippen LogP contribution in [0, 0.1) is 0 Å². The third kappa shape index (κ3) is 0.816. The molecule has 1 aromatic carbocycles. The summed E-state index contributed by atoms with van der Waals surface area (Å²) < 4.78 is 0. The molecule has 3 heteroatoms. The number of aromatic hydroxyl groups is 1. The van der Waals surface area contributed by atoms with E-state index >= 15 is 0 Å². The van der Waals surface area contributed by atoms with Gasteiger partial charge in [0.15, 0.2) is 0 Å². The summed E-state index contributed by atoms with van der Waals surface area (Å²) >= 11 is 0. The normalized spacial score (nSPS) is 13.6. The van der Waals surface area contributed by atoms with Crippen molar-refractivity contribution in [2.75, 3.05) is 0 Å². The van der Waals surface area contributed by atoms with E-state index in [1.165, 1.54) is 18.3 Å². The minimum absolute atomic E-state index is 0.0996. The lowest BCUT2D eigenvalue weighted by Crippen LogP contribution is -1.90. The number of benzene rings is 1. The minimum Gasteiger partial charge on any atom is -0.508 e. The summed E-state index contributed by atoms with van der Waals surface area (Å²) in [5, 5.41) is 9.01. The number of amides is 1. The van der Waals surface area contributed by atoms with Crippen LogP contribution >= 0.6 is 0 Å². The van der Waals surface area contributed by atoms with Crippen molar-refractivity contribution in [3.05, 3.63) is 29.3 Å². The number of nitrogens with zero attached hydrogens (tertiary/aromatic N) is 1. The number of phenols is 1. The second-order valence-electron chi connectivity index (χ2n) is 2.33. The average molecular weight is 147 g/mol. The summed E-state index contributed by atoms with van der Waals surface area (Å²) in [5.74, 6) is -0.182. The molecule has 1 aliphatic rings. The number of carbonyl (C=O) groups excluding carboxylic acids is 1. The number of fused-ring (bicyclic) bond motifs is 1. The Bertz CT molecular complexity index is 355. The number of rotatable bonds is 0. The lowest BCUT2D eigenvalue weighted by Gasteiger charge is -1.94. The highest BCUT2D eigenvalue weighted by atomic mass is 16.3. The maximum atomic E-state index is 10.9. The maximum absolute atomic E-state index is 10.9. The van der Waals surface area contributed by atoms with Crippen LogP contribution in [0.1, 0.15) is 15.9 Å². The zero-order valence-electron chi connectivity index (χ0n) is 5.61. The second kappa shape index (κ2) is 1.92. The predicted octanol–water partition coefficient (Wildman–Crippen LogP) is 0.965. The molecule has 54 valence electrons. The first kappa shape index (κ1) is 6.09. The fourth-order valence-corrected chi connectivity index (χ4v) is 1.04. The van der Waals surface area contributed by atoms with Crippen molar-refractivity contribution in [2.24, 2.45) is 4.99 Å². The lowest BCUT2D eigenvalue weighted by atomic mass is 10.1. The highest BCUT2D eigenvalue weighted by molar-refractivity contribution is 6.13. The average Bonchev–Trinajstić information content (AvgIpc) is 2.33. The smallest absolute Gasteiger partial charge is 0.277 e. The molecular weight excluding hydrogens is 142 g/mol. The van der Waals surface area contributed by atoms with Gasteiger partial charge in [0.25, 0.3) is 5.91 Å². The monoisotopic (exact) mass is 147 g/mol. The Morgan fingerprint density at radius 2 is 2.18 bits per heavy atom. The minimum atomic E-state index is -0.282. The molecule has 1 N–H and O–H groups in total. The molecule has 1 heterocycles. The van der Waals surface area contributed by atoms with E-state index in [0.29, 0.717) is 5.56 Å². The fourth-order valence-electron chi connectivity index (χ4n) is 1.04. The van der Waals surface area contributed by atoms with Crippen molar-refractivity contribution < 1.29 is 9.90 Å². The van der Waals surface area contributed by atoms with Gasteiger partial charge >= 0.3 is 0 Å². The maximum Gasteiger partial charge on any atom is 0.277 e. The number of hydrogen-bond acceptors (Lipinski definition) is 2. The van der Waals surface area contributed by atoms with E-state index in [1.54, 1.807) is 6.07 Å². The van der Waals surface area contributed by atoms with Gasteiger partial charge < -0.3 is 5.11 Å². The molecule has 0 aromatic heterocycles. The van der Waals surface area contributed by atoms with Gasteiger partial charge in [0.05, 0.1) is 5.56 Å². The molecule has 0 atom stereocenters. The predicted molar refractivity (Wildman–Crippen MR) is 40.0 cm³/mol. The molecule has 0 radical (unpaired) electrons. The summed E-state index contributed by atoms with van der Waals surface area (Å²) in [4.78, 5) is 14.5. The second-order valence-corrected chi connectivity index (χ2v) is 2.33. The molecule has 0 bridgehead atoms. The van der Waals surface area contributed by atoms with Crippen LogP contribution in [0.3, 0.4) is 0 Å². The van der Waals surface area contributed by atoms with Crippen molar-refractivity contribution >= 4 is 12.1 Å². The molecule has 1 aromatic rings. The summed E-state index contributed by atoms with van der Waals surface area (Å²) in [6.07, 6.45) is 1.50. The molecule has 0 saturated heterocycles. The molecule has 2 rings (SSSR count). The van der Waals surface area contributed by atoms with Gasteiger partial charge in [0.2, 0.25) is 0 Å². The number of carbonyl (C=O) groups is 1. The van der Waals surface area contributed by atoms with Crippen LogP contribution in [-0.2, 0) is 0 Å². The molecule has 0 saturated carbocycles. The van der Waals surface area contributed by atoms with Gasteiger partial charge in [-0.15, -0.1) is 0 Å². The first-order valence-electron chi connectivity index (χ1n) is 3.19. The first-order valence-corrected chi connectivity index (χ1v) is 3.19. The Hall–Kier alpha value is -1.64. The summed E-state index contributed by atoms with van der Waals surface area (Å²) in [6, 6.07) is 4.62. The van der Waals surface area contributed by atoms with Gasteiger partial charge in [0, 0.05) is 11.8 Å².